The van der Waals surface area contributed by atoms with E-state index in [4.69, 9.17) is 0 Å². The molecule has 98 valence electrons. The van der Waals surface area contributed by atoms with Crippen LogP contribution in [0.25, 0.3) is 0 Å². The van der Waals surface area contributed by atoms with Crippen LogP contribution >= 0.6 is 0 Å². The number of rotatable bonds is 3. The largest absolute Gasteiger partial charge is 0.416 e. The summed E-state index contributed by atoms with van der Waals surface area (Å²) >= 11 is 0. The summed E-state index contributed by atoms with van der Waals surface area (Å²) in [5, 5.41) is 5.78. The van der Waals surface area contributed by atoms with Crippen molar-refractivity contribution in [2.75, 3.05) is 11.9 Å². The van der Waals surface area contributed by atoms with Crippen LogP contribution in [0.5, 0.6) is 0 Å². The van der Waals surface area contributed by atoms with Crippen LogP contribution in [0.15, 0.2) is 24.3 Å². The minimum absolute atomic E-state index is 0.0224. The lowest BCUT2D eigenvalue weighted by molar-refractivity contribution is -0.137. The SMILES string of the molecule is O=C1CCC(CNc2ccc(C(F)(F)F)cc2)N1. The molecule has 0 aromatic heterocycles. The van der Waals surface area contributed by atoms with Crippen molar-refractivity contribution in [3.8, 4) is 0 Å². The van der Waals surface area contributed by atoms with Crippen molar-refractivity contribution in [3.63, 3.8) is 0 Å². The fraction of sp³-hybridized carbons (Fsp3) is 0.417. The molecule has 18 heavy (non-hydrogen) atoms. The molecule has 1 aliphatic heterocycles. The van der Waals surface area contributed by atoms with E-state index in [0.29, 0.717) is 18.7 Å². The molecule has 0 saturated carbocycles. The van der Waals surface area contributed by atoms with Gasteiger partial charge in [0.1, 0.15) is 0 Å². The van der Waals surface area contributed by atoms with Gasteiger partial charge in [-0.25, -0.2) is 0 Å². The molecule has 2 N–H and O–H groups in total. The first kappa shape index (κ1) is 12.7. The van der Waals surface area contributed by atoms with E-state index in [-0.39, 0.29) is 11.9 Å². The van der Waals surface area contributed by atoms with E-state index in [1.807, 2.05) is 0 Å². The average molecular weight is 258 g/mol. The highest BCUT2D eigenvalue weighted by atomic mass is 19.4. The van der Waals surface area contributed by atoms with E-state index in [9.17, 15) is 18.0 Å². The molecule has 0 bridgehead atoms. The molecule has 1 fully saturated rings. The number of hydrogen-bond donors (Lipinski definition) is 2. The summed E-state index contributed by atoms with van der Waals surface area (Å²) in [5.74, 6) is 0.0224. The molecular formula is C12H13F3N2O. The van der Waals surface area contributed by atoms with Gasteiger partial charge in [-0.05, 0) is 30.7 Å². The van der Waals surface area contributed by atoms with E-state index in [0.717, 1.165) is 18.6 Å². The zero-order chi connectivity index (χ0) is 13.2. The summed E-state index contributed by atoms with van der Waals surface area (Å²) in [4.78, 5) is 11.0. The molecule has 1 aromatic carbocycles. The number of hydrogen-bond acceptors (Lipinski definition) is 2. The second-order valence-electron chi connectivity index (χ2n) is 4.26. The van der Waals surface area contributed by atoms with Crippen molar-refractivity contribution in [2.45, 2.75) is 25.1 Å². The normalized spacial score (nSPS) is 19.7. The highest BCUT2D eigenvalue weighted by Gasteiger charge is 2.30. The summed E-state index contributed by atoms with van der Waals surface area (Å²) in [6, 6.07) is 4.91. The van der Waals surface area contributed by atoms with Gasteiger partial charge in [0, 0.05) is 24.7 Å². The fourth-order valence-electron chi connectivity index (χ4n) is 1.85. The van der Waals surface area contributed by atoms with Crippen molar-refractivity contribution < 1.29 is 18.0 Å². The number of carbonyl (C=O) groups excluding carboxylic acids is 1. The molecule has 6 heteroatoms. The van der Waals surface area contributed by atoms with Gasteiger partial charge in [-0.1, -0.05) is 0 Å². The lowest BCUT2D eigenvalue weighted by Crippen LogP contribution is -2.31. The maximum atomic E-state index is 12.3. The quantitative estimate of drug-likeness (QED) is 0.874. The van der Waals surface area contributed by atoms with Crippen molar-refractivity contribution in [1.82, 2.24) is 5.32 Å². The molecule has 0 spiro atoms. The summed E-state index contributed by atoms with van der Waals surface area (Å²) in [6.45, 7) is 0.525. The number of halogens is 3. The summed E-state index contributed by atoms with van der Waals surface area (Å²) in [6.07, 6.45) is -3.04. The zero-order valence-electron chi connectivity index (χ0n) is 9.55. The first-order chi connectivity index (χ1) is 8.45. The fourth-order valence-corrected chi connectivity index (χ4v) is 1.85. The zero-order valence-corrected chi connectivity index (χ0v) is 9.55. The van der Waals surface area contributed by atoms with E-state index in [1.165, 1.54) is 12.1 Å². The van der Waals surface area contributed by atoms with Crippen molar-refractivity contribution in [3.05, 3.63) is 29.8 Å². The second-order valence-corrected chi connectivity index (χ2v) is 4.26. The third-order valence-electron chi connectivity index (χ3n) is 2.85. The number of benzene rings is 1. The molecule has 3 nitrogen and oxygen atoms in total. The number of amides is 1. The van der Waals surface area contributed by atoms with Gasteiger partial charge < -0.3 is 10.6 Å². The summed E-state index contributed by atoms with van der Waals surface area (Å²) in [7, 11) is 0. The van der Waals surface area contributed by atoms with Gasteiger partial charge in [-0.3, -0.25) is 4.79 Å². The molecule has 1 amide bonds. The van der Waals surface area contributed by atoms with Gasteiger partial charge in [0.2, 0.25) is 5.91 Å². The highest BCUT2D eigenvalue weighted by molar-refractivity contribution is 5.78. The summed E-state index contributed by atoms with van der Waals surface area (Å²) in [5.41, 5.74) is -0.0497. The first-order valence-electron chi connectivity index (χ1n) is 5.65. The Kier molecular flexibility index (Phi) is 3.45. The lowest BCUT2D eigenvalue weighted by Gasteiger charge is -2.13. The Balaban J connectivity index is 1.89. The highest BCUT2D eigenvalue weighted by Crippen LogP contribution is 2.29. The third-order valence-corrected chi connectivity index (χ3v) is 2.85. The molecule has 1 atom stereocenters. The molecule has 1 aromatic rings. The van der Waals surface area contributed by atoms with E-state index in [1.54, 1.807) is 0 Å². The monoisotopic (exact) mass is 258 g/mol. The van der Waals surface area contributed by atoms with Crippen LogP contribution in [0.1, 0.15) is 18.4 Å². The first-order valence-corrected chi connectivity index (χ1v) is 5.65. The van der Waals surface area contributed by atoms with Gasteiger partial charge in [0.05, 0.1) is 5.56 Å². The van der Waals surface area contributed by atoms with Crippen molar-refractivity contribution in [2.24, 2.45) is 0 Å². The number of nitrogens with one attached hydrogen (secondary N) is 2. The number of anilines is 1. The standard InChI is InChI=1S/C12H13F3N2O/c13-12(14,15)8-1-3-9(4-2-8)16-7-10-5-6-11(18)17-10/h1-4,10,16H,5-7H2,(H,17,18). The van der Waals surface area contributed by atoms with Gasteiger partial charge in [-0.2, -0.15) is 13.2 Å². The average Bonchev–Trinajstić information content (AvgIpc) is 2.72. The third kappa shape index (κ3) is 3.15. The lowest BCUT2D eigenvalue weighted by atomic mass is 10.2. The van der Waals surface area contributed by atoms with Gasteiger partial charge >= 0.3 is 6.18 Å². The number of carbonyl (C=O) groups is 1. The maximum Gasteiger partial charge on any atom is 0.416 e. The molecule has 2 rings (SSSR count). The Morgan fingerprint density at radius 2 is 1.94 bits per heavy atom. The number of alkyl halides is 3. The van der Waals surface area contributed by atoms with Crippen LogP contribution in [0.2, 0.25) is 0 Å². The van der Waals surface area contributed by atoms with Gasteiger partial charge in [-0.15, -0.1) is 0 Å². The van der Waals surface area contributed by atoms with Crippen LogP contribution < -0.4 is 10.6 Å². The molecule has 1 unspecified atom stereocenters. The second kappa shape index (κ2) is 4.88. The Morgan fingerprint density at radius 3 is 2.44 bits per heavy atom. The van der Waals surface area contributed by atoms with Crippen LogP contribution in [0.3, 0.4) is 0 Å². The Morgan fingerprint density at radius 1 is 1.28 bits per heavy atom. The van der Waals surface area contributed by atoms with Crippen LogP contribution in [-0.4, -0.2) is 18.5 Å². The predicted molar refractivity (Wildman–Crippen MR) is 61.1 cm³/mol. The Hall–Kier alpha value is -1.72. The van der Waals surface area contributed by atoms with Crippen LogP contribution in [0, 0.1) is 0 Å². The molecule has 1 saturated heterocycles. The van der Waals surface area contributed by atoms with E-state index >= 15 is 0 Å². The minimum atomic E-state index is -4.31. The van der Waals surface area contributed by atoms with Crippen molar-refractivity contribution in [1.29, 1.82) is 0 Å². The van der Waals surface area contributed by atoms with Gasteiger partial charge in [0.25, 0.3) is 0 Å². The molecule has 0 radical (unpaired) electrons. The predicted octanol–water partition coefficient (Wildman–Crippen LogP) is 2.40. The minimum Gasteiger partial charge on any atom is -0.383 e. The van der Waals surface area contributed by atoms with Crippen LogP contribution in [0.4, 0.5) is 18.9 Å². The smallest absolute Gasteiger partial charge is 0.383 e. The molecular weight excluding hydrogens is 245 g/mol. The molecule has 0 aliphatic carbocycles. The molecule has 1 aliphatic rings. The van der Waals surface area contributed by atoms with E-state index < -0.39 is 11.7 Å². The Bertz CT molecular complexity index is 428. The topological polar surface area (TPSA) is 41.1 Å². The van der Waals surface area contributed by atoms with Crippen molar-refractivity contribution >= 4 is 11.6 Å². The van der Waals surface area contributed by atoms with E-state index in [2.05, 4.69) is 10.6 Å². The maximum absolute atomic E-state index is 12.3. The summed E-state index contributed by atoms with van der Waals surface area (Å²) < 4.78 is 37.0. The van der Waals surface area contributed by atoms with Crippen LogP contribution in [-0.2, 0) is 11.0 Å². The van der Waals surface area contributed by atoms with Gasteiger partial charge in [0.15, 0.2) is 0 Å². The Labute approximate surface area is 102 Å². The molecule has 1 heterocycles.